The van der Waals surface area contributed by atoms with Gasteiger partial charge in [0.25, 0.3) is 5.91 Å². The lowest BCUT2D eigenvalue weighted by Gasteiger charge is -2.08. The number of carbonyl (C=O) groups is 1. The quantitative estimate of drug-likeness (QED) is 0.745. The minimum atomic E-state index is -4.49. The van der Waals surface area contributed by atoms with Crippen LogP contribution in [0.5, 0.6) is 0 Å². The molecule has 0 saturated carbocycles. The van der Waals surface area contributed by atoms with E-state index < -0.39 is 17.6 Å². The van der Waals surface area contributed by atoms with Crippen molar-refractivity contribution in [2.75, 3.05) is 5.32 Å². The van der Waals surface area contributed by atoms with Crippen molar-refractivity contribution >= 4 is 11.7 Å². The Hall–Kier alpha value is -3.09. The van der Waals surface area contributed by atoms with Crippen molar-refractivity contribution in [2.45, 2.75) is 19.6 Å². The molecule has 0 saturated heterocycles. The van der Waals surface area contributed by atoms with E-state index in [1.165, 1.54) is 12.1 Å². The van der Waals surface area contributed by atoms with Gasteiger partial charge in [-0.25, -0.2) is 0 Å². The van der Waals surface area contributed by atoms with E-state index >= 15 is 0 Å². The van der Waals surface area contributed by atoms with Crippen molar-refractivity contribution in [3.05, 3.63) is 83.0 Å². The molecule has 0 atom stereocenters. The van der Waals surface area contributed by atoms with Crippen molar-refractivity contribution in [3.8, 4) is 0 Å². The van der Waals surface area contributed by atoms with Crippen LogP contribution in [0, 0.1) is 6.92 Å². The van der Waals surface area contributed by atoms with Crippen molar-refractivity contribution in [1.29, 1.82) is 0 Å². The van der Waals surface area contributed by atoms with Gasteiger partial charge in [-0.2, -0.15) is 18.3 Å². The Labute approximate surface area is 148 Å². The Balaban J connectivity index is 1.71. The molecule has 1 heterocycles. The number of benzene rings is 2. The summed E-state index contributed by atoms with van der Waals surface area (Å²) in [5, 5.41) is 6.77. The first kappa shape index (κ1) is 17.7. The number of hydrogen-bond donors (Lipinski definition) is 1. The highest BCUT2D eigenvalue weighted by Gasteiger charge is 2.30. The lowest BCUT2D eigenvalue weighted by molar-refractivity contribution is -0.137. The monoisotopic (exact) mass is 359 g/mol. The minimum Gasteiger partial charge on any atom is -0.305 e. The smallest absolute Gasteiger partial charge is 0.305 e. The summed E-state index contributed by atoms with van der Waals surface area (Å²) in [6.07, 6.45) is -2.79. The third kappa shape index (κ3) is 4.11. The van der Waals surface area contributed by atoms with E-state index in [1.54, 1.807) is 16.9 Å². The Bertz CT molecular complexity index is 932. The summed E-state index contributed by atoms with van der Waals surface area (Å²) < 4.78 is 39.9. The molecule has 0 bridgehead atoms. The molecule has 3 aromatic rings. The Morgan fingerprint density at radius 3 is 2.62 bits per heavy atom. The number of aryl methyl sites for hydroxylation is 1. The second-order valence-electron chi connectivity index (χ2n) is 5.86. The van der Waals surface area contributed by atoms with Gasteiger partial charge in [-0.15, -0.1) is 0 Å². The van der Waals surface area contributed by atoms with Gasteiger partial charge in [0.15, 0.2) is 5.82 Å². The van der Waals surface area contributed by atoms with E-state index in [0.717, 1.165) is 23.3 Å². The molecule has 1 aromatic heterocycles. The van der Waals surface area contributed by atoms with Crippen LogP contribution < -0.4 is 5.32 Å². The molecule has 0 aliphatic carbocycles. The SMILES string of the molecule is Cc1ccccc1Cn1ccc(NC(=O)c2cccc(C(F)(F)F)c2)n1. The van der Waals surface area contributed by atoms with Gasteiger partial charge in [-0.1, -0.05) is 30.3 Å². The van der Waals surface area contributed by atoms with Gasteiger partial charge >= 0.3 is 6.18 Å². The molecule has 0 aliphatic rings. The maximum Gasteiger partial charge on any atom is 0.416 e. The molecule has 0 spiro atoms. The fourth-order valence-electron chi connectivity index (χ4n) is 2.50. The average Bonchev–Trinajstić information content (AvgIpc) is 3.03. The highest BCUT2D eigenvalue weighted by molar-refractivity contribution is 6.03. The molecule has 7 heteroatoms. The first-order chi connectivity index (χ1) is 12.3. The van der Waals surface area contributed by atoms with Gasteiger partial charge in [0.1, 0.15) is 0 Å². The maximum absolute atomic E-state index is 12.8. The van der Waals surface area contributed by atoms with Crippen molar-refractivity contribution in [2.24, 2.45) is 0 Å². The maximum atomic E-state index is 12.8. The average molecular weight is 359 g/mol. The summed E-state index contributed by atoms with van der Waals surface area (Å²) >= 11 is 0. The van der Waals surface area contributed by atoms with Gasteiger partial charge in [-0.3, -0.25) is 9.48 Å². The van der Waals surface area contributed by atoms with E-state index in [4.69, 9.17) is 0 Å². The van der Waals surface area contributed by atoms with Gasteiger partial charge in [-0.05, 0) is 36.2 Å². The fourth-order valence-corrected chi connectivity index (χ4v) is 2.50. The topological polar surface area (TPSA) is 46.9 Å². The van der Waals surface area contributed by atoms with Crippen LogP contribution in [0.4, 0.5) is 19.0 Å². The van der Waals surface area contributed by atoms with Crippen LogP contribution in [-0.4, -0.2) is 15.7 Å². The molecule has 26 heavy (non-hydrogen) atoms. The molecular formula is C19H16F3N3O. The third-order valence-electron chi connectivity index (χ3n) is 3.93. The van der Waals surface area contributed by atoms with Crippen molar-refractivity contribution < 1.29 is 18.0 Å². The molecule has 0 radical (unpaired) electrons. The largest absolute Gasteiger partial charge is 0.416 e. The van der Waals surface area contributed by atoms with Gasteiger partial charge in [0.05, 0.1) is 12.1 Å². The number of hydrogen-bond acceptors (Lipinski definition) is 2. The zero-order valence-electron chi connectivity index (χ0n) is 13.9. The number of nitrogens with zero attached hydrogens (tertiary/aromatic N) is 2. The third-order valence-corrected chi connectivity index (χ3v) is 3.93. The number of aromatic nitrogens is 2. The van der Waals surface area contributed by atoms with Gasteiger partial charge in [0, 0.05) is 17.8 Å². The fraction of sp³-hybridized carbons (Fsp3) is 0.158. The summed E-state index contributed by atoms with van der Waals surface area (Å²) in [6.45, 7) is 2.53. The summed E-state index contributed by atoms with van der Waals surface area (Å²) in [5.41, 5.74) is 1.27. The second kappa shape index (κ2) is 7.03. The van der Waals surface area contributed by atoms with Crippen LogP contribution in [0.15, 0.2) is 60.8 Å². The van der Waals surface area contributed by atoms with Crippen LogP contribution in [0.1, 0.15) is 27.0 Å². The molecule has 1 N–H and O–H groups in total. The first-order valence-electron chi connectivity index (χ1n) is 7.89. The standard InChI is InChI=1S/C19H16F3N3O/c1-13-5-2-3-6-15(13)12-25-10-9-17(24-25)23-18(26)14-7-4-8-16(11-14)19(20,21)22/h2-11H,12H2,1H3,(H,23,24,26). The van der Waals surface area contributed by atoms with Crippen molar-refractivity contribution in [3.63, 3.8) is 0 Å². The van der Waals surface area contributed by atoms with Crippen LogP contribution in [0.2, 0.25) is 0 Å². The van der Waals surface area contributed by atoms with Crippen LogP contribution in [0.25, 0.3) is 0 Å². The highest BCUT2D eigenvalue weighted by atomic mass is 19.4. The predicted octanol–water partition coefficient (Wildman–Crippen LogP) is 4.51. The molecule has 1 amide bonds. The minimum absolute atomic E-state index is 0.0757. The molecule has 0 unspecified atom stereocenters. The molecule has 4 nitrogen and oxygen atoms in total. The molecule has 3 rings (SSSR count). The van der Waals surface area contributed by atoms with Gasteiger partial charge < -0.3 is 5.32 Å². The second-order valence-corrected chi connectivity index (χ2v) is 5.86. The molecule has 0 fully saturated rings. The number of anilines is 1. The first-order valence-corrected chi connectivity index (χ1v) is 7.89. The van der Waals surface area contributed by atoms with E-state index in [0.29, 0.717) is 6.54 Å². The molecule has 0 aliphatic heterocycles. The number of halogens is 3. The van der Waals surface area contributed by atoms with Crippen molar-refractivity contribution in [1.82, 2.24) is 9.78 Å². The summed E-state index contributed by atoms with van der Waals surface area (Å²) in [4.78, 5) is 12.2. The number of carbonyl (C=O) groups excluding carboxylic acids is 1. The highest BCUT2D eigenvalue weighted by Crippen LogP contribution is 2.29. The normalized spacial score (nSPS) is 11.4. The van der Waals surface area contributed by atoms with E-state index in [-0.39, 0.29) is 11.4 Å². The van der Waals surface area contributed by atoms with Gasteiger partial charge in [0.2, 0.25) is 0 Å². The van der Waals surface area contributed by atoms with Crippen LogP contribution in [-0.2, 0) is 12.7 Å². The Morgan fingerprint density at radius 2 is 1.88 bits per heavy atom. The summed E-state index contributed by atoms with van der Waals surface area (Å²) in [7, 11) is 0. The molecule has 134 valence electrons. The van der Waals surface area contributed by atoms with E-state index in [2.05, 4.69) is 10.4 Å². The summed E-state index contributed by atoms with van der Waals surface area (Å²) in [5.74, 6) is -0.363. The molecular weight excluding hydrogens is 343 g/mol. The molecule has 2 aromatic carbocycles. The zero-order valence-corrected chi connectivity index (χ0v) is 13.9. The lowest BCUT2D eigenvalue weighted by Crippen LogP contribution is -2.14. The number of amides is 1. The number of rotatable bonds is 4. The number of nitrogens with one attached hydrogen (secondary N) is 1. The van der Waals surface area contributed by atoms with Crippen LogP contribution >= 0.6 is 0 Å². The summed E-state index contributed by atoms with van der Waals surface area (Å²) in [6, 6.07) is 13.7. The zero-order chi connectivity index (χ0) is 18.7. The Kier molecular flexibility index (Phi) is 4.79. The van der Waals surface area contributed by atoms with E-state index in [1.807, 2.05) is 31.2 Å². The lowest BCUT2D eigenvalue weighted by atomic mass is 10.1. The van der Waals surface area contributed by atoms with E-state index in [9.17, 15) is 18.0 Å². The number of alkyl halides is 3. The Morgan fingerprint density at radius 1 is 1.12 bits per heavy atom. The van der Waals surface area contributed by atoms with Crippen LogP contribution in [0.3, 0.4) is 0 Å². The predicted molar refractivity (Wildman–Crippen MR) is 91.9 cm³/mol.